The third kappa shape index (κ3) is 3.17. The van der Waals surface area contributed by atoms with E-state index in [4.69, 9.17) is 29.3 Å². The SMILES string of the molecule is [2H]c1c([2H])c([C@@]2([2H])C(COc3ccc4c(c3)OC([2H])([2H])O4)CNC([2H])([2H])C2([2H])[2H])c([2H])c([2H])c1F. The summed E-state index contributed by atoms with van der Waals surface area (Å²) in [5.74, 6) is -5.18. The molecule has 126 valence electrons. The first-order chi connectivity index (χ1) is 16.0. The van der Waals surface area contributed by atoms with Crippen LogP contribution in [0.5, 0.6) is 17.2 Å². The summed E-state index contributed by atoms with van der Waals surface area (Å²) in [6.07, 6.45) is -3.11. The van der Waals surface area contributed by atoms with Gasteiger partial charge in [0.2, 0.25) is 6.75 Å². The molecule has 2 heterocycles. The summed E-state index contributed by atoms with van der Waals surface area (Å²) >= 11 is 0. The Hall–Kier alpha value is -2.27. The second kappa shape index (κ2) is 6.69. The lowest BCUT2D eigenvalue weighted by Gasteiger charge is -2.32. The van der Waals surface area contributed by atoms with E-state index in [9.17, 15) is 4.39 Å². The second-order valence-electron chi connectivity index (χ2n) is 5.14. The van der Waals surface area contributed by atoms with Gasteiger partial charge in [-0.15, -0.1) is 0 Å². The van der Waals surface area contributed by atoms with Gasteiger partial charge in [-0.25, -0.2) is 4.39 Å². The van der Waals surface area contributed by atoms with Crippen LogP contribution in [-0.2, 0) is 0 Å². The zero-order chi connectivity index (χ0) is 26.1. The molecule has 0 saturated carbocycles. The van der Waals surface area contributed by atoms with Crippen LogP contribution in [0.2, 0.25) is 0 Å². The first kappa shape index (κ1) is 7.31. The van der Waals surface area contributed by atoms with Crippen molar-refractivity contribution in [2.75, 3.05) is 26.4 Å². The normalized spacial score (nSPS) is 38.4. The van der Waals surface area contributed by atoms with E-state index in [1.807, 2.05) is 0 Å². The van der Waals surface area contributed by atoms with Gasteiger partial charge in [-0.1, -0.05) is 12.1 Å². The minimum absolute atomic E-state index is 0.0381. The number of rotatable bonds is 4. The van der Waals surface area contributed by atoms with Crippen LogP contribution in [0.15, 0.2) is 42.4 Å². The number of halogens is 1. The summed E-state index contributed by atoms with van der Waals surface area (Å²) in [4.78, 5) is 0. The molecule has 2 aliphatic rings. The maximum Gasteiger partial charge on any atom is 0.231 e. The van der Waals surface area contributed by atoms with Gasteiger partial charge in [0.05, 0.1) is 12.1 Å². The molecule has 1 saturated heterocycles. The molecule has 0 spiro atoms. The van der Waals surface area contributed by atoms with Crippen molar-refractivity contribution in [3.05, 3.63) is 53.7 Å². The average molecular weight is 340 g/mol. The molecule has 0 aromatic heterocycles. The van der Waals surface area contributed by atoms with Crippen LogP contribution < -0.4 is 19.5 Å². The molecule has 2 atom stereocenters. The van der Waals surface area contributed by atoms with Crippen molar-refractivity contribution in [2.24, 2.45) is 5.92 Å². The highest BCUT2D eigenvalue weighted by atomic mass is 19.1. The van der Waals surface area contributed by atoms with Crippen molar-refractivity contribution >= 4 is 0 Å². The smallest absolute Gasteiger partial charge is 0.231 e. The van der Waals surface area contributed by atoms with Gasteiger partial charge in [0.1, 0.15) is 14.3 Å². The molecule has 0 aliphatic carbocycles. The Morgan fingerprint density at radius 3 is 3.00 bits per heavy atom. The topological polar surface area (TPSA) is 39.7 Å². The summed E-state index contributed by atoms with van der Waals surface area (Å²) < 4.78 is 119. The predicted octanol–water partition coefficient (Wildman–Crippen LogP) is 3.33. The Bertz CT molecular complexity index is 1170. The minimum atomic E-state index is -3.11. The molecule has 1 N–H and O–H groups in total. The zero-order valence-corrected chi connectivity index (χ0v) is 12.3. The van der Waals surface area contributed by atoms with Crippen LogP contribution >= 0.6 is 0 Å². The Morgan fingerprint density at radius 1 is 1.29 bits per heavy atom. The van der Waals surface area contributed by atoms with Crippen LogP contribution in [0.3, 0.4) is 0 Å². The van der Waals surface area contributed by atoms with Crippen LogP contribution in [0.1, 0.15) is 32.9 Å². The lowest BCUT2D eigenvalue weighted by Crippen LogP contribution is -2.38. The van der Waals surface area contributed by atoms with Gasteiger partial charge in [-0.2, -0.15) is 0 Å². The fourth-order valence-electron chi connectivity index (χ4n) is 2.38. The van der Waals surface area contributed by atoms with E-state index in [2.05, 4.69) is 5.32 Å². The molecule has 1 fully saturated rings. The van der Waals surface area contributed by atoms with Gasteiger partial charge >= 0.3 is 0 Å². The molecule has 2 aliphatic heterocycles. The van der Waals surface area contributed by atoms with Gasteiger partial charge < -0.3 is 19.5 Å². The molecule has 0 bridgehead atoms. The van der Waals surface area contributed by atoms with Crippen LogP contribution in [0.4, 0.5) is 4.39 Å². The van der Waals surface area contributed by atoms with E-state index in [1.165, 1.54) is 18.2 Å². The first-order valence-electron chi connectivity index (χ1n) is 12.7. The number of piperidine rings is 1. The molecule has 1 unspecified atom stereocenters. The highest BCUT2D eigenvalue weighted by molar-refractivity contribution is 5.46. The molecular formula is C19H20FNO3. The molecule has 0 amide bonds. The molecule has 4 nitrogen and oxygen atoms in total. The van der Waals surface area contributed by atoms with Gasteiger partial charge in [0.25, 0.3) is 0 Å². The molecule has 0 radical (unpaired) electrons. The van der Waals surface area contributed by atoms with E-state index >= 15 is 0 Å². The third-order valence-electron chi connectivity index (χ3n) is 3.58. The van der Waals surface area contributed by atoms with Crippen LogP contribution in [0.25, 0.3) is 0 Å². The summed E-state index contributed by atoms with van der Waals surface area (Å²) in [7, 11) is 0. The second-order valence-corrected chi connectivity index (χ2v) is 5.14. The van der Waals surface area contributed by atoms with E-state index in [1.54, 1.807) is 0 Å². The van der Waals surface area contributed by atoms with Gasteiger partial charge in [-0.3, -0.25) is 0 Å². The molecule has 2 aromatic carbocycles. The van der Waals surface area contributed by atoms with Crippen molar-refractivity contribution in [2.45, 2.75) is 12.3 Å². The largest absolute Gasteiger partial charge is 0.493 e. The summed E-state index contributed by atoms with van der Waals surface area (Å²) in [5.41, 5.74) is -0.781. The fraction of sp³-hybridized carbons (Fsp3) is 0.368. The molecule has 5 heteroatoms. The number of fused-ring (bicyclic) bond motifs is 1. The summed E-state index contributed by atoms with van der Waals surface area (Å²) in [5, 5.41) is 2.37. The van der Waals surface area contributed by atoms with Crippen LogP contribution in [0, 0.1) is 11.7 Å². The van der Waals surface area contributed by atoms with Gasteiger partial charge in [0, 0.05) is 25.4 Å². The summed E-state index contributed by atoms with van der Waals surface area (Å²) in [6.45, 7) is -5.98. The van der Waals surface area contributed by atoms with Gasteiger partial charge in [0.15, 0.2) is 11.5 Å². The standard InChI is InChI=1S/C19H20FNO3/c20-15-3-1-13(2-4-15)17-7-8-21-10-14(17)11-22-16-5-6-18-19(9-16)24-12-23-18/h1-6,9,14,17,21H,7-8,10-12H2/t14?,17-/m0/s1/i1D,2D,3D,4D,7D2,8D2,12D2,17D. The number of hydrogen-bond donors (Lipinski definition) is 1. The maximum atomic E-state index is 14.2. The Labute approximate surface area is 156 Å². The van der Waals surface area contributed by atoms with Crippen molar-refractivity contribution in [3.63, 3.8) is 0 Å². The molecule has 24 heavy (non-hydrogen) atoms. The Kier molecular flexibility index (Phi) is 2.04. The lowest BCUT2D eigenvalue weighted by molar-refractivity contribution is 0.173. The Morgan fingerprint density at radius 2 is 2.12 bits per heavy atom. The summed E-state index contributed by atoms with van der Waals surface area (Å²) in [6, 6.07) is -0.0374. The fourth-order valence-corrected chi connectivity index (χ4v) is 2.38. The Balaban J connectivity index is 1.75. The minimum Gasteiger partial charge on any atom is -0.493 e. The van der Waals surface area contributed by atoms with Crippen molar-refractivity contribution in [1.29, 1.82) is 0 Å². The first-order valence-corrected chi connectivity index (χ1v) is 7.20. The maximum absolute atomic E-state index is 14.2. The highest BCUT2D eigenvalue weighted by Gasteiger charge is 2.27. The number of benzene rings is 2. The van der Waals surface area contributed by atoms with E-state index in [0.29, 0.717) is 0 Å². The van der Waals surface area contributed by atoms with Crippen molar-refractivity contribution < 1.29 is 33.7 Å². The monoisotopic (exact) mass is 340 g/mol. The molecule has 2 aromatic rings. The number of nitrogens with one attached hydrogen (secondary N) is 1. The van der Waals surface area contributed by atoms with Gasteiger partial charge in [-0.05, 0) is 48.5 Å². The van der Waals surface area contributed by atoms with E-state index in [-0.39, 0.29) is 23.8 Å². The quantitative estimate of drug-likeness (QED) is 0.927. The average Bonchev–Trinajstić information content (AvgIpc) is 3.08. The zero-order valence-electron chi connectivity index (χ0n) is 23.3. The van der Waals surface area contributed by atoms with E-state index in [0.717, 1.165) is 0 Å². The predicted molar refractivity (Wildman–Crippen MR) is 88.2 cm³/mol. The van der Waals surface area contributed by atoms with Crippen LogP contribution in [-0.4, -0.2) is 26.4 Å². The highest BCUT2D eigenvalue weighted by Crippen LogP contribution is 2.36. The van der Waals surface area contributed by atoms with E-state index < -0.39 is 73.6 Å². The third-order valence-corrected chi connectivity index (χ3v) is 3.58. The van der Waals surface area contributed by atoms with Crippen molar-refractivity contribution in [1.82, 2.24) is 5.32 Å². The molecule has 4 rings (SSSR count). The number of ether oxygens (including phenoxy) is 3. The van der Waals surface area contributed by atoms with Crippen molar-refractivity contribution in [3.8, 4) is 17.2 Å². The lowest BCUT2D eigenvalue weighted by atomic mass is 9.81. The molecular weight excluding hydrogens is 309 g/mol. The number of hydrogen-bond acceptors (Lipinski definition) is 4.